The number of carbonyl (C=O) groups excluding carboxylic acids is 1. The molecule has 0 spiro atoms. The Bertz CT molecular complexity index is 1100. The van der Waals surface area contributed by atoms with Crippen molar-refractivity contribution in [2.75, 3.05) is 5.32 Å². The lowest BCUT2D eigenvalue weighted by molar-refractivity contribution is -0.111. The van der Waals surface area contributed by atoms with E-state index >= 15 is 0 Å². The number of oxazole rings is 1. The second kappa shape index (κ2) is 6.90. The van der Waals surface area contributed by atoms with Gasteiger partial charge in [-0.2, -0.15) is 0 Å². The number of furan rings is 1. The Balaban J connectivity index is 1.54. The van der Waals surface area contributed by atoms with Gasteiger partial charge in [0.05, 0.1) is 6.26 Å². The van der Waals surface area contributed by atoms with Crippen molar-refractivity contribution in [1.82, 2.24) is 4.98 Å². The number of rotatable bonds is 4. The molecule has 2 heterocycles. The van der Waals surface area contributed by atoms with Crippen molar-refractivity contribution < 1.29 is 13.6 Å². The lowest BCUT2D eigenvalue weighted by Crippen LogP contribution is -2.07. The normalized spacial score (nSPS) is 11.3. The molecule has 5 nitrogen and oxygen atoms in total. The molecule has 128 valence electrons. The van der Waals surface area contributed by atoms with E-state index in [1.165, 1.54) is 6.08 Å². The number of fused-ring (bicyclic) bond motifs is 1. The van der Waals surface area contributed by atoms with E-state index in [9.17, 15) is 4.79 Å². The van der Waals surface area contributed by atoms with Crippen LogP contribution in [-0.2, 0) is 4.79 Å². The van der Waals surface area contributed by atoms with Gasteiger partial charge in [-0.1, -0.05) is 17.7 Å². The molecule has 0 saturated heterocycles. The quantitative estimate of drug-likeness (QED) is 0.493. The van der Waals surface area contributed by atoms with Gasteiger partial charge in [0.1, 0.15) is 11.3 Å². The molecule has 26 heavy (non-hydrogen) atoms. The van der Waals surface area contributed by atoms with Gasteiger partial charge in [0.2, 0.25) is 11.8 Å². The molecule has 0 fully saturated rings. The Kier molecular flexibility index (Phi) is 4.29. The van der Waals surface area contributed by atoms with Crippen molar-refractivity contribution in [2.24, 2.45) is 0 Å². The fraction of sp³-hybridized carbons (Fsp3) is 0. The molecule has 0 aliphatic rings. The molecule has 1 amide bonds. The summed E-state index contributed by atoms with van der Waals surface area (Å²) < 4.78 is 10.9. The van der Waals surface area contributed by atoms with E-state index in [0.717, 1.165) is 5.56 Å². The van der Waals surface area contributed by atoms with E-state index in [1.54, 1.807) is 54.8 Å². The minimum absolute atomic E-state index is 0.261. The van der Waals surface area contributed by atoms with Crippen molar-refractivity contribution in [3.63, 3.8) is 0 Å². The number of benzene rings is 2. The highest BCUT2D eigenvalue weighted by Crippen LogP contribution is 2.27. The van der Waals surface area contributed by atoms with Crippen LogP contribution in [0.2, 0.25) is 5.02 Å². The largest absolute Gasteiger partial charge is 0.465 e. The molecule has 0 atom stereocenters. The fourth-order valence-electron chi connectivity index (χ4n) is 2.48. The van der Waals surface area contributed by atoms with Crippen LogP contribution in [0.3, 0.4) is 0 Å². The van der Waals surface area contributed by atoms with Crippen LogP contribution in [0.25, 0.3) is 28.6 Å². The molecule has 4 aromatic rings. The number of hydrogen-bond donors (Lipinski definition) is 1. The van der Waals surface area contributed by atoms with Crippen molar-refractivity contribution in [1.29, 1.82) is 0 Å². The lowest BCUT2D eigenvalue weighted by atomic mass is 10.2. The highest BCUT2D eigenvalue weighted by atomic mass is 35.5. The molecule has 4 rings (SSSR count). The Labute approximate surface area is 153 Å². The standard InChI is InChI=1S/C20H13ClN2O3/c21-14-6-8-18-17(12-14)23-20(26-18)13-3-1-4-15(11-13)22-19(24)9-7-16-5-2-10-25-16/h1-12H,(H,22,24). The van der Waals surface area contributed by atoms with Gasteiger partial charge in [0.25, 0.3) is 0 Å². The molecule has 0 saturated carbocycles. The number of halogens is 1. The molecule has 2 aromatic carbocycles. The number of nitrogens with one attached hydrogen (secondary N) is 1. The Morgan fingerprint density at radius 2 is 2.04 bits per heavy atom. The smallest absolute Gasteiger partial charge is 0.248 e. The zero-order valence-corrected chi connectivity index (χ0v) is 14.2. The summed E-state index contributed by atoms with van der Waals surface area (Å²) >= 11 is 5.98. The van der Waals surface area contributed by atoms with Crippen LogP contribution in [0.4, 0.5) is 5.69 Å². The average Bonchev–Trinajstić information content (AvgIpc) is 3.29. The fourth-order valence-corrected chi connectivity index (χ4v) is 2.65. The molecule has 2 aromatic heterocycles. The zero-order chi connectivity index (χ0) is 17.9. The molecule has 0 unspecified atom stereocenters. The predicted octanol–water partition coefficient (Wildman–Crippen LogP) is 5.39. The monoisotopic (exact) mass is 364 g/mol. The van der Waals surface area contributed by atoms with Gasteiger partial charge < -0.3 is 14.2 Å². The molecular formula is C20H13ClN2O3. The highest BCUT2D eigenvalue weighted by molar-refractivity contribution is 6.31. The van der Waals surface area contributed by atoms with Crippen LogP contribution in [0, 0.1) is 0 Å². The zero-order valence-electron chi connectivity index (χ0n) is 13.5. The summed E-state index contributed by atoms with van der Waals surface area (Å²) in [5.74, 6) is 0.812. The maximum Gasteiger partial charge on any atom is 0.248 e. The van der Waals surface area contributed by atoms with Crippen LogP contribution in [0.1, 0.15) is 5.76 Å². The van der Waals surface area contributed by atoms with Crippen molar-refractivity contribution >= 4 is 40.4 Å². The molecular weight excluding hydrogens is 352 g/mol. The summed E-state index contributed by atoms with van der Waals surface area (Å²) in [7, 11) is 0. The third-order valence-corrected chi connectivity index (χ3v) is 3.90. The van der Waals surface area contributed by atoms with E-state index < -0.39 is 0 Å². The SMILES string of the molecule is O=C(C=Cc1ccco1)Nc1cccc(-c2nc3cc(Cl)ccc3o2)c1. The molecule has 6 heteroatoms. The summed E-state index contributed by atoms with van der Waals surface area (Å²) in [6, 6.07) is 16.1. The third kappa shape index (κ3) is 3.53. The van der Waals surface area contributed by atoms with Crippen LogP contribution in [-0.4, -0.2) is 10.9 Å². The molecule has 1 N–H and O–H groups in total. The first-order valence-electron chi connectivity index (χ1n) is 7.86. The minimum atomic E-state index is -0.261. The Morgan fingerprint density at radius 1 is 1.12 bits per heavy atom. The van der Waals surface area contributed by atoms with Crippen LogP contribution < -0.4 is 5.32 Å². The van der Waals surface area contributed by atoms with Gasteiger partial charge in [0.15, 0.2) is 5.58 Å². The first-order valence-corrected chi connectivity index (χ1v) is 8.24. The van der Waals surface area contributed by atoms with Gasteiger partial charge in [-0.05, 0) is 54.6 Å². The van der Waals surface area contributed by atoms with Crippen molar-refractivity contribution in [3.8, 4) is 11.5 Å². The van der Waals surface area contributed by atoms with Crippen molar-refractivity contribution in [3.05, 3.63) is 77.7 Å². The predicted molar refractivity (Wildman–Crippen MR) is 101 cm³/mol. The highest BCUT2D eigenvalue weighted by Gasteiger charge is 2.09. The summed E-state index contributed by atoms with van der Waals surface area (Å²) in [5.41, 5.74) is 2.73. The second-order valence-corrected chi connectivity index (χ2v) is 5.99. The third-order valence-electron chi connectivity index (χ3n) is 3.67. The van der Waals surface area contributed by atoms with E-state index in [2.05, 4.69) is 10.3 Å². The van der Waals surface area contributed by atoms with Gasteiger partial charge in [0, 0.05) is 22.3 Å². The number of anilines is 1. The Morgan fingerprint density at radius 3 is 2.88 bits per heavy atom. The van der Waals surface area contributed by atoms with E-state index in [0.29, 0.717) is 33.5 Å². The first-order chi connectivity index (χ1) is 12.7. The second-order valence-electron chi connectivity index (χ2n) is 5.55. The van der Waals surface area contributed by atoms with E-state index in [-0.39, 0.29) is 5.91 Å². The Hall–Kier alpha value is -3.31. The van der Waals surface area contributed by atoms with Crippen LogP contribution >= 0.6 is 11.6 Å². The summed E-state index contributed by atoms with van der Waals surface area (Å²) in [4.78, 5) is 16.5. The number of aromatic nitrogens is 1. The van der Waals surface area contributed by atoms with Gasteiger partial charge in [-0.15, -0.1) is 0 Å². The average molecular weight is 365 g/mol. The molecule has 0 radical (unpaired) electrons. The van der Waals surface area contributed by atoms with Crippen LogP contribution in [0.15, 0.2) is 75.8 Å². The summed E-state index contributed by atoms with van der Waals surface area (Å²) in [6.07, 6.45) is 4.56. The number of carbonyl (C=O) groups is 1. The van der Waals surface area contributed by atoms with Gasteiger partial charge in [-0.3, -0.25) is 4.79 Å². The maximum atomic E-state index is 12.0. The van der Waals surface area contributed by atoms with E-state index in [1.807, 2.05) is 12.1 Å². The van der Waals surface area contributed by atoms with Gasteiger partial charge in [-0.25, -0.2) is 4.98 Å². The molecule has 0 aliphatic carbocycles. The van der Waals surface area contributed by atoms with Gasteiger partial charge >= 0.3 is 0 Å². The topological polar surface area (TPSA) is 68.3 Å². The van der Waals surface area contributed by atoms with Crippen molar-refractivity contribution in [2.45, 2.75) is 0 Å². The van der Waals surface area contributed by atoms with E-state index in [4.69, 9.17) is 20.4 Å². The molecule has 0 bridgehead atoms. The number of amides is 1. The minimum Gasteiger partial charge on any atom is -0.465 e. The van der Waals surface area contributed by atoms with Crippen LogP contribution in [0.5, 0.6) is 0 Å². The lowest BCUT2D eigenvalue weighted by Gasteiger charge is -2.03. The maximum absolute atomic E-state index is 12.0. The summed E-state index contributed by atoms with van der Waals surface area (Å²) in [5, 5.41) is 3.40. The number of hydrogen-bond acceptors (Lipinski definition) is 4. The number of nitrogens with zero attached hydrogens (tertiary/aromatic N) is 1. The first kappa shape index (κ1) is 16.2. The summed E-state index contributed by atoms with van der Waals surface area (Å²) in [6.45, 7) is 0. The molecule has 0 aliphatic heterocycles.